The fourth-order valence-corrected chi connectivity index (χ4v) is 2.32. The Labute approximate surface area is 112 Å². The zero-order valence-corrected chi connectivity index (χ0v) is 11.5. The van der Waals surface area contributed by atoms with Gasteiger partial charge in [-0.05, 0) is 6.42 Å². The van der Waals surface area contributed by atoms with Crippen molar-refractivity contribution in [2.45, 2.75) is 19.4 Å². The first-order valence-corrected chi connectivity index (χ1v) is 7.24. The van der Waals surface area contributed by atoms with Crippen molar-refractivity contribution in [3.63, 3.8) is 0 Å². The fourth-order valence-electron chi connectivity index (χ4n) is 1.37. The summed E-state index contributed by atoms with van der Waals surface area (Å²) in [5, 5.41) is 8.50. The van der Waals surface area contributed by atoms with Crippen molar-refractivity contribution in [1.29, 1.82) is 0 Å². The van der Waals surface area contributed by atoms with Crippen LogP contribution in [0.25, 0.3) is 0 Å². The van der Waals surface area contributed by atoms with Crippen molar-refractivity contribution < 1.29 is 18.3 Å². The van der Waals surface area contributed by atoms with Gasteiger partial charge in [0.2, 0.25) is 0 Å². The van der Waals surface area contributed by atoms with Gasteiger partial charge in [0, 0.05) is 39.1 Å². The average Bonchev–Trinajstić information content (AvgIpc) is 2.84. The van der Waals surface area contributed by atoms with Crippen LogP contribution in [0.5, 0.6) is 0 Å². The van der Waals surface area contributed by atoms with E-state index < -0.39 is 16.2 Å². The molecule has 0 atom stereocenters. The molecule has 0 aliphatic rings. The lowest BCUT2D eigenvalue weighted by atomic mass is 10.4. The monoisotopic (exact) mass is 290 g/mol. The van der Waals surface area contributed by atoms with Crippen LogP contribution in [-0.2, 0) is 21.5 Å². The molecule has 0 saturated carbocycles. The number of aromatic nitrogens is 2. The minimum Gasteiger partial charge on any atom is -0.481 e. The molecule has 1 heterocycles. The second kappa shape index (κ2) is 7.22. The number of carbonyl (C=O) groups is 1. The molecule has 0 saturated heterocycles. The summed E-state index contributed by atoms with van der Waals surface area (Å²) in [6, 6.07) is 0. The molecule has 0 fully saturated rings. The number of aliphatic carboxylic acids is 1. The average molecular weight is 290 g/mol. The zero-order valence-electron chi connectivity index (χ0n) is 10.7. The lowest BCUT2D eigenvalue weighted by Gasteiger charge is -2.16. The van der Waals surface area contributed by atoms with Gasteiger partial charge in [-0.25, -0.2) is 9.71 Å². The molecule has 0 spiro atoms. The van der Waals surface area contributed by atoms with Crippen molar-refractivity contribution in [3.05, 3.63) is 18.7 Å². The van der Waals surface area contributed by atoms with E-state index in [1.807, 2.05) is 4.57 Å². The largest absolute Gasteiger partial charge is 0.481 e. The molecule has 108 valence electrons. The predicted molar refractivity (Wildman–Crippen MR) is 68.6 cm³/mol. The minimum atomic E-state index is -3.60. The highest BCUT2D eigenvalue weighted by Gasteiger charge is 2.17. The number of hydrogen-bond acceptors (Lipinski definition) is 4. The van der Waals surface area contributed by atoms with E-state index in [1.54, 1.807) is 18.7 Å². The van der Waals surface area contributed by atoms with E-state index in [4.69, 9.17) is 5.11 Å². The van der Waals surface area contributed by atoms with E-state index in [0.717, 1.165) is 4.31 Å². The first kappa shape index (κ1) is 15.6. The van der Waals surface area contributed by atoms with Gasteiger partial charge in [-0.1, -0.05) is 0 Å². The van der Waals surface area contributed by atoms with Gasteiger partial charge < -0.3 is 9.67 Å². The normalized spacial score (nSPS) is 11.9. The molecule has 0 aromatic carbocycles. The Kier molecular flexibility index (Phi) is 5.93. The van der Waals surface area contributed by atoms with Crippen LogP contribution in [0.3, 0.4) is 0 Å². The molecular weight excluding hydrogens is 272 g/mol. The summed E-state index contributed by atoms with van der Waals surface area (Å²) >= 11 is 0. The van der Waals surface area contributed by atoms with E-state index in [2.05, 4.69) is 9.71 Å². The van der Waals surface area contributed by atoms with Crippen LogP contribution in [0.4, 0.5) is 0 Å². The molecule has 0 amide bonds. The zero-order chi connectivity index (χ0) is 14.3. The summed E-state index contributed by atoms with van der Waals surface area (Å²) < 4.78 is 28.7. The van der Waals surface area contributed by atoms with Crippen LogP contribution < -0.4 is 4.72 Å². The van der Waals surface area contributed by atoms with Crippen molar-refractivity contribution in [2.24, 2.45) is 0 Å². The van der Waals surface area contributed by atoms with Gasteiger partial charge in [0.15, 0.2) is 0 Å². The molecule has 2 N–H and O–H groups in total. The number of aryl methyl sites for hydroxylation is 1. The minimum absolute atomic E-state index is 0.0494. The number of carboxylic acids is 1. The third-order valence-electron chi connectivity index (χ3n) is 2.49. The van der Waals surface area contributed by atoms with Crippen LogP contribution in [0.2, 0.25) is 0 Å². The first-order chi connectivity index (χ1) is 8.92. The molecule has 0 radical (unpaired) electrons. The summed E-state index contributed by atoms with van der Waals surface area (Å²) in [5.41, 5.74) is 0. The predicted octanol–water partition coefficient (Wildman–Crippen LogP) is -0.486. The third-order valence-corrected chi connectivity index (χ3v) is 4.06. The van der Waals surface area contributed by atoms with E-state index >= 15 is 0 Å². The van der Waals surface area contributed by atoms with E-state index in [0.29, 0.717) is 13.0 Å². The van der Waals surface area contributed by atoms with Crippen molar-refractivity contribution in [2.75, 3.05) is 20.1 Å². The number of hydrogen-bond donors (Lipinski definition) is 2. The van der Waals surface area contributed by atoms with Crippen LogP contribution in [0, 0.1) is 0 Å². The topological polar surface area (TPSA) is 105 Å². The maximum atomic E-state index is 11.7. The van der Waals surface area contributed by atoms with Gasteiger partial charge in [0.1, 0.15) is 0 Å². The molecule has 1 aromatic heterocycles. The second-order valence-electron chi connectivity index (χ2n) is 4.02. The second-order valence-corrected chi connectivity index (χ2v) is 5.88. The number of nitrogens with one attached hydrogen (secondary N) is 1. The molecule has 19 heavy (non-hydrogen) atoms. The highest BCUT2D eigenvalue weighted by molar-refractivity contribution is 7.87. The Morgan fingerprint density at radius 2 is 2.26 bits per heavy atom. The van der Waals surface area contributed by atoms with E-state index in [9.17, 15) is 13.2 Å². The van der Waals surface area contributed by atoms with Crippen LogP contribution in [-0.4, -0.2) is 53.5 Å². The van der Waals surface area contributed by atoms with Gasteiger partial charge >= 0.3 is 5.97 Å². The van der Waals surface area contributed by atoms with Gasteiger partial charge in [-0.2, -0.15) is 12.7 Å². The Bertz CT molecular complexity index is 486. The molecule has 0 bridgehead atoms. The highest BCUT2D eigenvalue weighted by atomic mass is 32.2. The van der Waals surface area contributed by atoms with Gasteiger partial charge in [-0.3, -0.25) is 4.79 Å². The smallest absolute Gasteiger partial charge is 0.304 e. The quantitative estimate of drug-likeness (QED) is 0.597. The summed E-state index contributed by atoms with van der Waals surface area (Å²) in [6.07, 6.45) is 5.53. The van der Waals surface area contributed by atoms with Crippen LogP contribution in [0.1, 0.15) is 12.8 Å². The number of nitrogens with zero attached hydrogens (tertiary/aromatic N) is 3. The van der Waals surface area contributed by atoms with E-state index in [1.165, 1.54) is 7.05 Å². The van der Waals surface area contributed by atoms with E-state index in [-0.39, 0.29) is 19.5 Å². The number of carboxylic acid groups (broad SMARTS) is 1. The van der Waals surface area contributed by atoms with Crippen molar-refractivity contribution in [1.82, 2.24) is 18.6 Å². The Hall–Kier alpha value is -1.45. The molecule has 0 unspecified atom stereocenters. The first-order valence-electron chi connectivity index (χ1n) is 5.80. The molecule has 1 rings (SSSR count). The highest BCUT2D eigenvalue weighted by Crippen LogP contribution is 1.97. The fraction of sp³-hybridized carbons (Fsp3) is 0.600. The third kappa shape index (κ3) is 5.81. The Morgan fingerprint density at radius 1 is 1.53 bits per heavy atom. The lowest BCUT2D eigenvalue weighted by molar-refractivity contribution is -0.137. The summed E-state index contributed by atoms with van der Waals surface area (Å²) in [7, 11) is -2.25. The van der Waals surface area contributed by atoms with Crippen LogP contribution in [0.15, 0.2) is 18.7 Å². The molecular formula is C10H18N4O4S. The van der Waals surface area contributed by atoms with Gasteiger partial charge in [0.25, 0.3) is 10.2 Å². The van der Waals surface area contributed by atoms with Gasteiger partial charge in [-0.15, -0.1) is 0 Å². The number of rotatable bonds is 9. The maximum absolute atomic E-state index is 11.7. The molecule has 8 nitrogen and oxygen atoms in total. The Balaban J connectivity index is 2.27. The van der Waals surface area contributed by atoms with Crippen LogP contribution >= 0.6 is 0 Å². The Morgan fingerprint density at radius 3 is 2.84 bits per heavy atom. The molecule has 0 aliphatic carbocycles. The molecule has 0 aliphatic heterocycles. The maximum Gasteiger partial charge on any atom is 0.304 e. The van der Waals surface area contributed by atoms with Crippen molar-refractivity contribution in [3.8, 4) is 0 Å². The molecule has 1 aromatic rings. The van der Waals surface area contributed by atoms with Crippen molar-refractivity contribution >= 4 is 16.2 Å². The molecule has 9 heteroatoms. The lowest BCUT2D eigenvalue weighted by Crippen LogP contribution is -2.39. The SMILES string of the molecule is CN(CCC(=O)O)S(=O)(=O)NCCCn1ccnc1. The summed E-state index contributed by atoms with van der Waals surface area (Å²) in [4.78, 5) is 14.3. The summed E-state index contributed by atoms with van der Waals surface area (Å²) in [6.45, 7) is 0.908. The standard InChI is InChI=1S/C10H18N4O4S/c1-13(7-3-10(15)16)19(17,18)12-4-2-6-14-8-5-11-9-14/h5,8-9,12H,2-4,6-7H2,1H3,(H,15,16). The number of imidazole rings is 1. The summed E-state index contributed by atoms with van der Waals surface area (Å²) in [5.74, 6) is -1.03. The van der Waals surface area contributed by atoms with Gasteiger partial charge in [0.05, 0.1) is 12.7 Å².